The lowest BCUT2D eigenvalue weighted by Gasteiger charge is -2.32. The van der Waals surface area contributed by atoms with Crippen molar-refractivity contribution < 1.29 is 14.7 Å². The number of aliphatic carboxylic acids is 1. The highest BCUT2D eigenvalue weighted by atomic mass is 16.4. The number of carboxylic acids is 1. The van der Waals surface area contributed by atoms with E-state index >= 15 is 0 Å². The molecule has 0 aromatic carbocycles. The first-order valence-corrected chi connectivity index (χ1v) is 7.70. The maximum Gasteiger partial charge on any atom is 0.303 e. The summed E-state index contributed by atoms with van der Waals surface area (Å²) in [6, 6.07) is 1.88. The molecule has 0 bridgehead atoms. The summed E-state index contributed by atoms with van der Waals surface area (Å²) in [5.41, 5.74) is 1.56. The summed E-state index contributed by atoms with van der Waals surface area (Å²) < 4.78 is 0. The number of carbonyl (C=O) groups excluding carboxylic acids is 1. The molecule has 0 unspecified atom stereocenters. The topological polar surface area (TPSA) is 86.3 Å². The highest BCUT2D eigenvalue weighted by Gasteiger charge is 2.29. The number of hydrogen-bond acceptors (Lipinski definition) is 3. The molecule has 1 aliphatic carbocycles. The molecule has 21 heavy (non-hydrogen) atoms. The molecule has 0 radical (unpaired) electrons. The van der Waals surface area contributed by atoms with Crippen LogP contribution in [0.3, 0.4) is 0 Å². The summed E-state index contributed by atoms with van der Waals surface area (Å²) in [4.78, 5) is 24.9. The van der Waals surface area contributed by atoms with E-state index in [9.17, 15) is 9.59 Å². The van der Waals surface area contributed by atoms with Crippen LogP contribution in [-0.4, -0.2) is 45.2 Å². The Hall–Kier alpha value is -1.85. The first-order chi connectivity index (χ1) is 10.1. The third-order valence-electron chi connectivity index (χ3n) is 4.41. The Bertz CT molecular complexity index is 536. The molecule has 2 heterocycles. The SMILES string of the molecule is O=C(O)CC[C@H]1CCCN(C(=O)c2cc(C3CC3)[nH]n2)C1. The summed E-state index contributed by atoms with van der Waals surface area (Å²) in [7, 11) is 0. The van der Waals surface area contributed by atoms with Gasteiger partial charge in [0, 0.05) is 31.1 Å². The number of likely N-dealkylation sites (tertiary alicyclic amines) is 1. The van der Waals surface area contributed by atoms with Gasteiger partial charge in [-0.1, -0.05) is 0 Å². The van der Waals surface area contributed by atoms with Gasteiger partial charge in [-0.15, -0.1) is 0 Å². The van der Waals surface area contributed by atoms with Crippen LogP contribution in [0.25, 0.3) is 0 Å². The largest absolute Gasteiger partial charge is 0.481 e. The molecule has 1 atom stereocenters. The number of amides is 1. The zero-order valence-electron chi connectivity index (χ0n) is 12.0. The average molecular weight is 291 g/mol. The molecule has 0 spiro atoms. The van der Waals surface area contributed by atoms with Gasteiger partial charge >= 0.3 is 5.97 Å². The predicted octanol–water partition coefficient (Wildman–Crippen LogP) is 2.00. The van der Waals surface area contributed by atoms with E-state index in [1.807, 2.05) is 11.0 Å². The van der Waals surface area contributed by atoms with E-state index < -0.39 is 5.97 Å². The van der Waals surface area contributed by atoms with Gasteiger partial charge in [0.05, 0.1) is 0 Å². The maximum absolute atomic E-state index is 12.5. The second-order valence-corrected chi connectivity index (χ2v) is 6.17. The number of aromatic amines is 1. The molecule has 1 saturated carbocycles. The molecule has 1 aromatic heterocycles. The monoisotopic (exact) mass is 291 g/mol. The van der Waals surface area contributed by atoms with Gasteiger partial charge in [0.2, 0.25) is 0 Å². The third kappa shape index (κ3) is 3.43. The quantitative estimate of drug-likeness (QED) is 0.868. The summed E-state index contributed by atoms with van der Waals surface area (Å²) in [6.07, 6.45) is 5.13. The van der Waals surface area contributed by atoms with E-state index in [0.717, 1.165) is 25.1 Å². The fourth-order valence-corrected chi connectivity index (χ4v) is 3.02. The molecule has 2 N–H and O–H groups in total. The lowest BCUT2D eigenvalue weighted by molar-refractivity contribution is -0.137. The molecule has 2 fully saturated rings. The molecule has 2 aliphatic rings. The zero-order valence-corrected chi connectivity index (χ0v) is 12.0. The molecule has 1 amide bonds. The van der Waals surface area contributed by atoms with Gasteiger partial charge in [0.15, 0.2) is 0 Å². The average Bonchev–Trinajstić information content (AvgIpc) is 3.22. The van der Waals surface area contributed by atoms with Crippen LogP contribution in [0.4, 0.5) is 0 Å². The van der Waals surface area contributed by atoms with Crippen molar-refractivity contribution in [3.8, 4) is 0 Å². The fourth-order valence-electron chi connectivity index (χ4n) is 3.02. The van der Waals surface area contributed by atoms with Crippen molar-refractivity contribution in [3.63, 3.8) is 0 Å². The van der Waals surface area contributed by atoms with Crippen LogP contribution in [0.2, 0.25) is 0 Å². The van der Waals surface area contributed by atoms with E-state index in [1.165, 1.54) is 12.8 Å². The smallest absolute Gasteiger partial charge is 0.303 e. The highest BCUT2D eigenvalue weighted by Crippen LogP contribution is 2.39. The molecular weight excluding hydrogens is 270 g/mol. The lowest BCUT2D eigenvalue weighted by atomic mass is 9.93. The van der Waals surface area contributed by atoms with Crippen molar-refractivity contribution in [2.45, 2.75) is 44.4 Å². The van der Waals surface area contributed by atoms with Crippen molar-refractivity contribution in [3.05, 3.63) is 17.5 Å². The number of nitrogens with one attached hydrogen (secondary N) is 1. The Morgan fingerprint density at radius 3 is 2.90 bits per heavy atom. The summed E-state index contributed by atoms with van der Waals surface area (Å²) in [6.45, 7) is 1.39. The van der Waals surface area contributed by atoms with E-state index in [1.54, 1.807) is 0 Å². The number of carboxylic acid groups (broad SMARTS) is 1. The van der Waals surface area contributed by atoms with E-state index in [2.05, 4.69) is 10.2 Å². The minimum absolute atomic E-state index is 0.0295. The predicted molar refractivity (Wildman–Crippen MR) is 76.1 cm³/mol. The Labute approximate surface area is 123 Å². The minimum Gasteiger partial charge on any atom is -0.481 e. The van der Waals surface area contributed by atoms with Crippen LogP contribution >= 0.6 is 0 Å². The molecule has 1 aliphatic heterocycles. The molecule has 1 saturated heterocycles. The normalized spacial score (nSPS) is 22.3. The summed E-state index contributed by atoms with van der Waals surface area (Å²) in [5, 5.41) is 15.9. The van der Waals surface area contributed by atoms with Crippen LogP contribution in [0, 0.1) is 5.92 Å². The van der Waals surface area contributed by atoms with Crippen molar-refractivity contribution >= 4 is 11.9 Å². The van der Waals surface area contributed by atoms with E-state index in [0.29, 0.717) is 30.5 Å². The third-order valence-corrected chi connectivity index (χ3v) is 4.41. The van der Waals surface area contributed by atoms with Crippen LogP contribution < -0.4 is 0 Å². The molecule has 6 heteroatoms. The highest BCUT2D eigenvalue weighted by molar-refractivity contribution is 5.92. The van der Waals surface area contributed by atoms with Gasteiger partial charge in [-0.25, -0.2) is 0 Å². The number of H-pyrrole nitrogens is 1. The first-order valence-electron chi connectivity index (χ1n) is 7.70. The fraction of sp³-hybridized carbons (Fsp3) is 0.667. The van der Waals surface area contributed by atoms with Crippen molar-refractivity contribution in [2.24, 2.45) is 5.92 Å². The minimum atomic E-state index is -0.764. The first kappa shape index (κ1) is 14.1. The molecular formula is C15H21N3O3. The maximum atomic E-state index is 12.5. The van der Waals surface area contributed by atoms with Crippen LogP contribution in [0.1, 0.15) is 60.6 Å². The molecule has 6 nitrogen and oxygen atoms in total. The number of rotatable bonds is 5. The van der Waals surface area contributed by atoms with Gasteiger partial charge in [-0.05, 0) is 44.1 Å². The molecule has 1 aromatic rings. The van der Waals surface area contributed by atoms with Gasteiger partial charge in [-0.2, -0.15) is 5.10 Å². The van der Waals surface area contributed by atoms with Gasteiger partial charge < -0.3 is 10.0 Å². The van der Waals surface area contributed by atoms with Crippen molar-refractivity contribution in [2.75, 3.05) is 13.1 Å². The molecule has 114 valence electrons. The second kappa shape index (κ2) is 5.87. The van der Waals surface area contributed by atoms with Crippen molar-refractivity contribution in [1.29, 1.82) is 0 Å². The summed E-state index contributed by atoms with van der Waals surface area (Å²) >= 11 is 0. The van der Waals surface area contributed by atoms with Gasteiger partial charge in [0.1, 0.15) is 5.69 Å². The van der Waals surface area contributed by atoms with Crippen LogP contribution in [0.15, 0.2) is 6.07 Å². The van der Waals surface area contributed by atoms with Crippen molar-refractivity contribution in [1.82, 2.24) is 15.1 Å². The van der Waals surface area contributed by atoms with E-state index in [4.69, 9.17) is 5.11 Å². The summed E-state index contributed by atoms with van der Waals surface area (Å²) in [5.74, 6) is 0.0577. The number of piperidine rings is 1. The second-order valence-electron chi connectivity index (χ2n) is 6.17. The molecule has 3 rings (SSSR count). The Morgan fingerprint density at radius 2 is 2.19 bits per heavy atom. The zero-order chi connectivity index (χ0) is 14.8. The number of hydrogen-bond donors (Lipinski definition) is 2. The van der Waals surface area contributed by atoms with E-state index in [-0.39, 0.29) is 12.3 Å². The number of nitrogens with zero attached hydrogens (tertiary/aromatic N) is 2. The van der Waals surface area contributed by atoms with Crippen LogP contribution in [0.5, 0.6) is 0 Å². The Morgan fingerprint density at radius 1 is 1.38 bits per heavy atom. The van der Waals surface area contributed by atoms with Gasteiger partial charge in [0.25, 0.3) is 5.91 Å². The van der Waals surface area contributed by atoms with Crippen LogP contribution in [-0.2, 0) is 4.79 Å². The number of carbonyl (C=O) groups is 2. The Kier molecular flexibility index (Phi) is 3.94. The standard InChI is InChI=1S/C15H21N3O3/c19-14(20)6-3-10-2-1-7-18(9-10)15(21)13-8-12(16-17-13)11-4-5-11/h8,10-11H,1-7,9H2,(H,16,17)(H,19,20)/t10-/m1/s1. The lowest BCUT2D eigenvalue weighted by Crippen LogP contribution is -2.40. The number of aromatic nitrogens is 2. The Balaban J connectivity index is 1.59. The van der Waals surface area contributed by atoms with Gasteiger partial charge in [-0.3, -0.25) is 14.7 Å².